The Balaban J connectivity index is 1.56. The van der Waals surface area contributed by atoms with Crippen molar-refractivity contribution in [1.29, 1.82) is 0 Å². The quantitative estimate of drug-likeness (QED) is 0.240. The molecule has 0 aliphatic rings. The number of nitrogens with one attached hydrogen (secondary N) is 1. The molecule has 0 fully saturated rings. The topological polar surface area (TPSA) is 67.9 Å². The molecule has 3 aromatic carbocycles. The monoisotopic (exact) mass is 521 g/mol. The molecule has 5 nitrogen and oxygen atoms in total. The Bertz CT molecular complexity index is 1740. The van der Waals surface area contributed by atoms with Crippen molar-refractivity contribution in [3.8, 4) is 17.1 Å². The van der Waals surface area contributed by atoms with E-state index in [-0.39, 0.29) is 0 Å². The average molecular weight is 522 g/mol. The predicted molar refractivity (Wildman–Crippen MR) is 143 cm³/mol. The number of nitrogens with zero attached hydrogens (tertiary/aromatic N) is 2. The number of ether oxygens (including phenoxy) is 1. The van der Waals surface area contributed by atoms with Crippen molar-refractivity contribution in [3.05, 3.63) is 100 Å². The predicted octanol–water partition coefficient (Wildman–Crippen LogP) is 7.39. The minimum atomic E-state index is 0.411. The van der Waals surface area contributed by atoms with Gasteiger partial charge >= 0.3 is 0 Å². The molecule has 1 N–H and O–H groups in total. The van der Waals surface area contributed by atoms with Gasteiger partial charge in [0.25, 0.3) is 0 Å². The fraction of sp³-hybridized carbons (Fsp3) is 0.0690. The Labute approximate surface area is 209 Å². The van der Waals surface area contributed by atoms with Gasteiger partial charge in [-0.15, -0.1) is 0 Å². The molecule has 0 unspecified atom stereocenters. The number of halogens is 1. The van der Waals surface area contributed by atoms with Crippen molar-refractivity contribution >= 4 is 54.9 Å². The lowest BCUT2D eigenvalue weighted by atomic mass is 10.0. The van der Waals surface area contributed by atoms with Crippen LogP contribution < -0.4 is 4.74 Å². The van der Waals surface area contributed by atoms with E-state index in [2.05, 4.69) is 27.0 Å². The third kappa shape index (κ3) is 3.67. The van der Waals surface area contributed by atoms with Crippen LogP contribution in [0, 0.1) is 6.92 Å². The molecule has 0 spiro atoms. The standard InChI is InChI=1S/C29H20BrN3O2/c1-17-24(15-34)33-27(28-25(17)20-9-5-6-10-22(20)31-28)23-14-12-19-11-13-21(30)29(26(19)32-23)35-16-18-7-3-2-4-8-18/h2-15,31H,16H2,1H3. The van der Waals surface area contributed by atoms with Crippen molar-refractivity contribution in [1.82, 2.24) is 15.0 Å². The van der Waals surface area contributed by atoms with Gasteiger partial charge in [-0.2, -0.15) is 0 Å². The van der Waals surface area contributed by atoms with Crippen LogP contribution in [0.3, 0.4) is 0 Å². The van der Waals surface area contributed by atoms with Crippen molar-refractivity contribution in [2.75, 3.05) is 0 Å². The zero-order valence-electron chi connectivity index (χ0n) is 18.9. The number of rotatable bonds is 5. The van der Waals surface area contributed by atoms with Crippen LogP contribution in [0.25, 0.3) is 44.1 Å². The largest absolute Gasteiger partial charge is 0.485 e. The van der Waals surface area contributed by atoms with Crippen LogP contribution >= 0.6 is 15.9 Å². The summed E-state index contributed by atoms with van der Waals surface area (Å²) in [6.45, 7) is 2.36. The van der Waals surface area contributed by atoms with Gasteiger partial charge in [-0.1, -0.05) is 60.7 Å². The summed E-state index contributed by atoms with van der Waals surface area (Å²) in [6.07, 6.45) is 0.812. The second kappa shape index (κ2) is 8.64. The van der Waals surface area contributed by atoms with Gasteiger partial charge in [0.05, 0.1) is 15.7 Å². The molecular weight excluding hydrogens is 502 g/mol. The van der Waals surface area contributed by atoms with Crippen LogP contribution in [0.2, 0.25) is 0 Å². The molecule has 0 saturated heterocycles. The summed E-state index contributed by atoms with van der Waals surface area (Å²) in [5.41, 5.74) is 6.23. The summed E-state index contributed by atoms with van der Waals surface area (Å²) < 4.78 is 7.06. The number of carbonyl (C=O) groups is 1. The molecule has 0 radical (unpaired) electrons. The Hall–Kier alpha value is -4.03. The number of benzene rings is 3. The molecule has 35 heavy (non-hydrogen) atoms. The third-order valence-corrected chi connectivity index (χ3v) is 6.91. The highest BCUT2D eigenvalue weighted by atomic mass is 79.9. The molecule has 170 valence electrons. The van der Waals surface area contributed by atoms with E-state index in [0.29, 0.717) is 29.4 Å². The molecule has 0 aliphatic carbocycles. The summed E-state index contributed by atoms with van der Waals surface area (Å²) in [5.74, 6) is 0.670. The summed E-state index contributed by atoms with van der Waals surface area (Å²) in [5, 5.41) is 3.00. The number of aromatic amines is 1. The van der Waals surface area contributed by atoms with E-state index < -0.39 is 0 Å². The van der Waals surface area contributed by atoms with Gasteiger partial charge in [0.1, 0.15) is 23.5 Å². The molecule has 0 amide bonds. The number of pyridine rings is 2. The summed E-state index contributed by atoms with van der Waals surface area (Å²) in [6, 6.07) is 26.0. The number of aldehydes is 1. The maximum Gasteiger partial charge on any atom is 0.168 e. The van der Waals surface area contributed by atoms with Crippen LogP contribution in [0.15, 0.2) is 83.3 Å². The minimum Gasteiger partial charge on any atom is -0.485 e. The number of para-hydroxylation sites is 1. The fourth-order valence-corrected chi connectivity index (χ4v) is 4.97. The van der Waals surface area contributed by atoms with E-state index in [9.17, 15) is 4.79 Å². The second-order valence-electron chi connectivity index (χ2n) is 8.43. The van der Waals surface area contributed by atoms with Crippen molar-refractivity contribution in [2.45, 2.75) is 13.5 Å². The van der Waals surface area contributed by atoms with Gasteiger partial charge < -0.3 is 9.72 Å². The fourth-order valence-electron chi connectivity index (χ4n) is 4.53. The molecule has 3 aromatic heterocycles. The Morgan fingerprint density at radius 1 is 0.943 bits per heavy atom. The SMILES string of the molecule is Cc1c(C=O)nc(-c2ccc3ccc(Br)c(OCc4ccccc4)c3n2)c2[nH]c3ccccc3c12. The van der Waals surface area contributed by atoms with Crippen LogP contribution in [0.4, 0.5) is 0 Å². The molecular formula is C29H20BrN3O2. The highest BCUT2D eigenvalue weighted by molar-refractivity contribution is 9.10. The Morgan fingerprint density at radius 2 is 1.71 bits per heavy atom. The number of aryl methyl sites for hydroxylation is 1. The maximum absolute atomic E-state index is 11.9. The third-order valence-electron chi connectivity index (χ3n) is 6.28. The molecule has 3 heterocycles. The molecule has 6 aromatic rings. The number of H-pyrrole nitrogens is 1. The van der Waals surface area contributed by atoms with E-state index in [1.165, 1.54) is 0 Å². The molecule has 0 saturated carbocycles. The first kappa shape index (κ1) is 21.5. The number of carbonyl (C=O) groups excluding carboxylic acids is 1. The average Bonchev–Trinajstić information content (AvgIpc) is 3.29. The van der Waals surface area contributed by atoms with E-state index in [4.69, 9.17) is 14.7 Å². The van der Waals surface area contributed by atoms with Gasteiger partial charge in [0.2, 0.25) is 0 Å². The van der Waals surface area contributed by atoms with Crippen molar-refractivity contribution < 1.29 is 9.53 Å². The zero-order chi connectivity index (χ0) is 23.9. The van der Waals surface area contributed by atoms with Gasteiger partial charge in [0.15, 0.2) is 12.0 Å². The first-order chi connectivity index (χ1) is 17.1. The number of hydrogen-bond acceptors (Lipinski definition) is 4. The number of aromatic nitrogens is 3. The van der Waals surface area contributed by atoms with Gasteiger partial charge in [-0.25, -0.2) is 9.97 Å². The Kier molecular flexibility index (Phi) is 5.30. The Morgan fingerprint density at radius 3 is 2.54 bits per heavy atom. The smallest absolute Gasteiger partial charge is 0.168 e. The molecule has 6 rings (SSSR count). The highest BCUT2D eigenvalue weighted by Crippen LogP contribution is 2.38. The zero-order valence-corrected chi connectivity index (χ0v) is 20.5. The highest BCUT2D eigenvalue weighted by Gasteiger charge is 2.19. The van der Waals surface area contributed by atoms with E-state index >= 15 is 0 Å². The summed E-state index contributed by atoms with van der Waals surface area (Å²) in [4.78, 5) is 25.1. The van der Waals surface area contributed by atoms with E-state index in [0.717, 1.165) is 54.6 Å². The van der Waals surface area contributed by atoms with Crippen molar-refractivity contribution in [3.63, 3.8) is 0 Å². The first-order valence-electron chi connectivity index (χ1n) is 11.3. The minimum absolute atomic E-state index is 0.411. The lowest BCUT2D eigenvalue weighted by molar-refractivity contribution is 0.111. The number of hydrogen-bond donors (Lipinski definition) is 1. The van der Waals surface area contributed by atoms with Crippen LogP contribution in [0.5, 0.6) is 5.75 Å². The van der Waals surface area contributed by atoms with Crippen LogP contribution in [0.1, 0.15) is 21.6 Å². The van der Waals surface area contributed by atoms with Gasteiger partial charge in [-0.3, -0.25) is 4.79 Å². The van der Waals surface area contributed by atoms with Crippen LogP contribution in [-0.4, -0.2) is 21.2 Å². The van der Waals surface area contributed by atoms with Crippen LogP contribution in [-0.2, 0) is 6.61 Å². The summed E-state index contributed by atoms with van der Waals surface area (Å²) >= 11 is 3.63. The first-order valence-corrected chi connectivity index (χ1v) is 12.1. The molecule has 0 aliphatic heterocycles. The van der Waals surface area contributed by atoms with Gasteiger partial charge in [0, 0.05) is 21.7 Å². The molecule has 0 bridgehead atoms. The van der Waals surface area contributed by atoms with Gasteiger partial charge in [-0.05, 0) is 52.2 Å². The number of fused-ring (bicyclic) bond motifs is 4. The lowest BCUT2D eigenvalue weighted by Gasteiger charge is -2.13. The molecule has 6 heteroatoms. The maximum atomic E-state index is 11.9. The normalized spacial score (nSPS) is 11.4. The van der Waals surface area contributed by atoms with E-state index in [1.54, 1.807) is 0 Å². The lowest BCUT2D eigenvalue weighted by Crippen LogP contribution is -2.00. The van der Waals surface area contributed by atoms with Crippen molar-refractivity contribution in [2.24, 2.45) is 0 Å². The second-order valence-corrected chi connectivity index (χ2v) is 9.28. The van der Waals surface area contributed by atoms with E-state index in [1.807, 2.05) is 79.7 Å². The molecule has 0 atom stereocenters. The summed E-state index contributed by atoms with van der Waals surface area (Å²) in [7, 11) is 0.